The highest BCUT2D eigenvalue weighted by Crippen LogP contribution is 2.44. The van der Waals surface area contributed by atoms with Gasteiger partial charge in [-0.1, -0.05) is 48.0 Å². The number of rotatable bonds is 4. The van der Waals surface area contributed by atoms with Gasteiger partial charge in [-0.2, -0.15) is 5.10 Å². The lowest BCUT2D eigenvalue weighted by atomic mass is 9.80. The van der Waals surface area contributed by atoms with Crippen LogP contribution in [0.5, 0.6) is 0 Å². The van der Waals surface area contributed by atoms with Crippen LogP contribution in [0.1, 0.15) is 38.7 Å². The molecule has 0 radical (unpaired) electrons. The predicted octanol–water partition coefficient (Wildman–Crippen LogP) is 3.26. The summed E-state index contributed by atoms with van der Waals surface area (Å²) in [6, 6.07) is 16.6. The number of hydrogen-bond acceptors (Lipinski definition) is 4. The monoisotopic (exact) mass is 415 g/mol. The smallest absolute Gasteiger partial charge is 0.254 e. The van der Waals surface area contributed by atoms with Crippen LogP contribution in [0.25, 0.3) is 0 Å². The number of aryl methyl sites for hydroxylation is 3. The number of likely N-dealkylation sites (tertiary alicyclic amines) is 2. The highest BCUT2D eigenvalue weighted by atomic mass is 16.2. The van der Waals surface area contributed by atoms with Crippen molar-refractivity contribution in [2.45, 2.75) is 32.7 Å². The summed E-state index contributed by atoms with van der Waals surface area (Å²) in [5.41, 5.74) is 4.10. The van der Waals surface area contributed by atoms with E-state index in [1.807, 2.05) is 30.9 Å². The maximum Gasteiger partial charge on any atom is 0.254 e. The van der Waals surface area contributed by atoms with Crippen LogP contribution in [0.15, 0.2) is 48.5 Å². The predicted molar refractivity (Wildman–Crippen MR) is 120 cm³/mol. The molecule has 2 saturated heterocycles. The lowest BCUT2D eigenvalue weighted by molar-refractivity contribution is 0.0768. The van der Waals surface area contributed by atoms with Crippen molar-refractivity contribution in [3.8, 4) is 0 Å². The van der Waals surface area contributed by atoms with E-state index in [0.29, 0.717) is 12.5 Å². The van der Waals surface area contributed by atoms with Crippen LogP contribution in [0.3, 0.4) is 0 Å². The molecule has 6 nitrogen and oxygen atoms in total. The van der Waals surface area contributed by atoms with Crippen molar-refractivity contribution in [3.63, 3.8) is 0 Å². The molecule has 6 heteroatoms. The third-order valence-electron chi connectivity index (χ3n) is 6.87. The topological polar surface area (TPSA) is 65.1 Å². The summed E-state index contributed by atoms with van der Waals surface area (Å²) >= 11 is 0. The van der Waals surface area contributed by atoms with E-state index in [1.54, 1.807) is 0 Å². The van der Waals surface area contributed by atoms with Gasteiger partial charge in [-0.05, 0) is 38.0 Å². The van der Waals surface area contributed by atoms with Gasteiger partial charge in [0.25, 0.3) is 5.91 Å². The maximum atomic E-state index is 13.4. The quantitative estimate of drug-likeness (QED) is 0.710. The zero-order valence-electron chi connectivity index (χ0n) is 18.4. The van der Waals surface area contributed by atoms with Crippen molar-refractivity contribution in [2.24, 2.45) is 5.92 Å². The molecule has 0 saturated carbocycles. The summed E-state index contributed by atoms with van der Waals surface area (Å²) < 4.78 is 0. The first kappa shape index (κ1) is 19.9. The molecule has 31 heavy (non-hydrogen) atoms. The van der Waals surface area contributed by atoms with E-state index < -0.39 is 0 Å². The van der Waals surface area contributed by atoms with E-state index in [-0.39, 0.29) is 11.3 Å². The summed E-state index contributed by atoms with van der Waals surface area (Å²) in [5.74, 6) is 2.11. The Morgan fingerprint density at radius 1 is 1.10 bits per heavy atom. The molecule has 1 aromatic heterocycles. The van der Waals surface area contributed by atoms with Crippen LogP contribution in [0, 0.1) is 26.7 Å². The SMILES string of the molecule is Cc1ccc(C(=O)N2C[C@@H]3CN(Cc4ccccc4)C[C@]3(c3n[nH]c(C)n3)C2)c(C)c1. The number of H-pyrrole nitrogens is 1. The number of nitrogens with one attached hydrogen (secondary N) is 1. The van der Waals surface area contributed by atoms with E-state index in [2.05, 4.69) is 58.4 Å². The maximum absolute atomic E-state index is 13.4. The second kappa shape index (κ2) is 7.61. The van der Waals surface area contributed by atoms with Crippen molar-refractivity contribution in [1.82, 2.24) is 25.0 Å². The average Bonchev–Trinajstić information content (AvgIpc) is 3.41. The third kappa shape index (κ3) is 3.55. The largest absolute Gasteiger partial charge is 0.337 e. The fraction of sp³-hybridized carbons (Fsp3) is 0.400. The van der Waals surface area contributed by atoms with Crippen molar-refractivity contribution in [2.75, 3.05) is 26.2 Å². The van der Waals surface area contributed by atoms with Crippen molar-refractivity contribution in [1.29, 1.82) is 0 Å². The molecular formula is C25H29N5O. The molecule has 0 aliphatic carbocycles. The first-order chi connectivity index (χ1) is 14.9. The van der Waals surface area contributed by atoms with Crippen molar-refractivity contribution >= 4 is 5.91 Å². The first-order valence-electron chi connectivity index (χ1n) is 11.0. The molecule has 2 fully saturated rings. The Balaban J connectivity index is 1.42. The average molecular weight is 416 g/mol. The molecular weight excluding hydrogens is 386 g/mol. The molecule has 3 heterocycles. The summed E-state index contributed by atoms with van der Waals surface area (Å²) in [5, 5.41) is 7.59. The Bertz CT molecular complexity index is 1110. The van der Waals surface area contributed by atoms with Crippen LogP contribution in [-0.2, 0) is 12.0 Å². The van der Waals surface area contributed by atoms with Crippen LogP contribution in [0.2, 0.25) is 0 Å². The van der Waals surface area contributed by atoms with Gasteiger partial charge in [0.1, 0.15) is 5.82 Å². The number of aromatic nitrogens is 3. The number of hydrogen-bond donors (Lipinski definition) is 1. The molecule has 0 bridgehead atoms. The number of nitrogens with zero attached hydrogens (tertiary/aromatic N) is 4. The van der Waals surface area contributed by atoms with Crippen molar-refractivity contribution < 1.29 is 4.79 Å². The van der Waals surface area contributed by atoms with Crippen LogP contribution in [-0.4, -0.2) is 57.1 Å². The van der Waals surface area contributed by atoms with Crippen molar-refractivity contribution in [3.05, 3.63) is 82.4 Å². The van der Waals surface area contributed by atoms with Gasteiger partial charge >= 0.3 is 0 Å². The number of aromatic amines is 1. The van der Waals surface area contributed by atoms with Crippen LogP contribution >= 0.6 is 0 Å². The first-order valence-corrected chi connectivity index (χ1v) is 11.0. The van der Waals surface area contributed by atoms with E-state index in [9.17, 15) is 4.79 Å². The minimum Gasteiger partial charge on any atom is -0.337 e. The van der Waals surface area contributed by atoms with Crippen LogP contribution in [0.4, 0.5) is 0 Å². The van der Waals surface area contributed by atoms with Gasteiger partial charge in [0.05, 0.1) is 5.41 Å². The Morgan fingerprint density at radius 2 is 1.90 bits per heavy atom. The molecule has 1 amide bonds. The molecule has 2 aliphatic rings. The van der Waals surface area contributed by atoms with Crippen LogP contribution < -0.4 is 0 Å². The third-order valence-corrected chi connectivity index (χ3v) is 6.87. The molecule has 3 aromatic rings. The van der Waals surface area contributed by atoms with Gasteiger partial charge in [-0.3, -0.25) is 14.8 Å². The second-order valence-corrected chi connectivity index (χ2v) is 9.26. The molecule has 2 atom stereocenters. The highest BCUT2D eigenvalue weighted by Gasteiger charge is 2.56. The zero-order chi connectivity index (χ0) is 21.6. The fourth-order valence-electron chi connectivity index (χ4n) is 5.39. The zero-order valence-corrected chi connectivity index (χ0v) is 18.4. The van der Waals surface area contributed by atoms with Gasteiger partial charge in [-0.15, -0.1) is 0 Å². The molecule has 0 unspecified atom stereocenters. The number of carbonyl (C=O) groups excluding carboxylic acids is 1. The Kier molecular flexibility index (Phi) is 4.89. The van der Waals surface area contributed by atoms with Gasteiger partial charge in [0.2, 0.25) is 0 Å². The van der Waals surface area contributed by atoms with E-state index >= 15 is 0 Å². The minimum absolute atomic E-state index is 0.119. The molecule has 0 spiro atoms. The fourth-order valence-corrected chi connectivity index (χ4v) is 5.39. The van der Waals surface area contributed by atoms with E-state index in [4.69, 9.17) is 4.98 Å². The number of carbonyl (C=O) groups is 1. The number of benzene rings is 2. The van der Waals surface area contributed by atoms with Gasteiger partial charge in [0, 0.05) is 44.2 Å². The molecule has 5 rings (SSSR count). The normalized spacial score (nSPS) is 23.3. The number of fused-ring (bicyclic) bond motifs is 1. The Morgan fingerprint density at radius 3 is 2.61 bits per heavy atom. The van der Waals surface area contributed by atoms with Gasteiger partial charge in [0.15, 0.2) is 5.82 Å². The summed E-state index contributed by atoms with van der Waals surface area (Å²) in [6.45, 7) is 10.1. The minimum atomic E-state index is -0.228. The standard InChI is InChI=1S/C25H29N5O/c1-17-9-10-22(18(2)11-17)23(31)30-14-21-13-29(12-20-7-5-4-6-8-20)15-25(21,16-30)24-26-19(3)27-28-24/h4-11,21H,12-16H2,1-3H3,(H,26,27,28)/t21-,25-/m0/s1. The highest BCUT2D eigenvalue weighted by molar-refractivity contribution is 5.96. The molecule has 2 aromatic carbocycles. The Hall–Kier alpha value is -2.99. The molecule has 1 N–H and O–H groups in total. The van der Waals surface area contributed by atoms with Gasteiger partial charge < -0.3 is 4.90 Å². The molecule has 2 aliphatic heterocycles. The van der Waals surface area contributed by atoms with E-state index in [0.717, 1.165) is 49.0 Å². The molecule has 160 valence electrons. The number of amides is 1. The summed E-state index contributed by atoms with van der Waals surface area (Å²) in [7, 11) is 0. The van der Waals surface area contributed by atoms with E-state index in [1.165, 1.54) is 11.1 Å². The second-order valence-electron chi connectivity index (χ2n) is 9.26. The Labute approximate surface area is 183 Å². The lowest BCUT2D eigenvalue weighted by Crippen LogP contribution is -2.40. The summed E-state index contributed by atoms with van der Waals surface area (Å²) in [4.78, 5) is 22.7. The van der Waals surface area contributed by atoms with Gasteiger partial charge in [-0.25, -0.2) is 4.98 Å². The lowest BCUT2D eigenvalue weighted by Gasteiger charge is -2.27. The summed E-state index contributed by atoms with van der Waals surface area (Å²) in [6.07, 6.45) is 0.